The molecule has 98 valence electrons. The normalized spacial score (nSPS) is 24.6. The fourth-order valence-electron chi connectivity index (χ4n) is 2.91. The van der Waals surface area contributed by atoms with E-state index in [1.54, 1.807) is 0 Å². The summed E-state index contributed by atoms with van der Waals surface area (Å²) in [5.74, 6) is 0.811. The van der Waals surface area contributed by atoms with Crippen LogP contribution in [0.25, 0.3) is 0 Å². The number of fused-ring (bicyclic) bond motifs is 1. The van der Waals surface area contributed by atoms with Crippen LogP contribution in [-0.4, -0.2) is 12.0 Å². The van der Waals surface area contributed by atoms with Gasteiger partial charge in [0.15, 0.2) is 0 Å². The molecule has 1 nitrogen and oxygen atoms in total. The molecule has 1 saturated carbocycles. The van der Waals surface area contributed by atoms with Gasteiger partial charge < -0.3 is 4.74 Å². The predicted octanol–water partition coefficient (Wildman–Crippen LogP) is 4.49. The Kier molecular flexibility index (Phi) is 3.91. The molecule has 3 rings (SSSR count). The van der Waals surface area contributed by atoms with Crippen LogP contribution < -0.4 is 0 Å². The van der Waals surface area contributed by atoms with Crippen LogP contribution in [0, 0.1) is 5.92 Å². The minimum Gasteiger partial charge on any atom is -0.373 e. The number of hydrogen-bond donors (Lipinski definition) is 0. The first-order valence-corrected chi connectivity index (χ1v) is 7.61. The van der Waals surface area contributed by atoms with Gasteiger partial charge in [0.25, 0.3) is 0 Å². The van der Waals surface area contributed by atoms with E-state index in [0.717, 1.165) is 31.8 Å². The fourth-order valence-corrected chi connectivity index (χ4v) is 3.31. The van der Waals surface area contributed by atoms with Gasteiger partial charge in [-0.15, -0.1) is 11.6 Å². The van der Waals surface area contributed by atoms with Crippen LogP contribution in [0.1, 0.15) is 49.3 Å². The molecule has 0 radical (unpaired) electrons. The number of hydrogen-bond acceptors (Lipinski definition) is 1. The lowest BCUT2D eigenvalue weighted by Gasteiger charge is -2.26. The second-order valence-electron chi connectivity index (χ2n) is 5.59. The van der Waals surface area contributed by atoms with E-state index in [9.17, 15) is 0 Å². The second-order valence-corrected chi connectivity index (χ2v) is 6.15. The number of benzene rings is 1. The van der Waals surface area contributed by atoms with Crippen LogP contribution in [0.3, 0.4) is 0 Å². The third kappa shape index (κ3) is 2.89. The predicted molar refractivity (Wildman–Crippen MR) is 75.1 cm³/mol. The molecule has 1 aromatic carbocycles. The third-order valence-electron chi connectivity index (χ3n) is 4.17. The van der Waals surface area contributed by atoms with Gasteiger partial charge in [-0.1, -0.05) is 24.3 Å². The average Bonchev–Trinajstić information content (AvgIpc) is 3.23. The van der Waals surface area contributed by atoms with Gasteiger partial charge in [0, 0.05) is 5.38 Å². The summed E-state index contributed by atoms with van der Waals surface area (Å²) in [5.41, 5.74) is 2.87. The standard InChI is InChI=1S/C16H21ClO/c17-15(13-8-9-13)6-3-7-16-14-5-2-1-4-12(14)10-11-18-16/h1-2,4-5,13,15-16H,3,6-11H2. The Morgan fingerprint density at radius 3 is 2.94 bits per heavy atom. The molecule has 2 atom stereocenters. The summed E-state index contributed by atoms with van der Waals surface area (Å²) in [5, 5.41) is 0.406. The van der Waals surface area contributed by atoms with E-state index in [1.807, 2.05) is 0 Å². The van der Waals surface area contributed by atoms with Crippen molar-refractivity contribution in [2.24, 2.45) is 5.92 Å². The first-order chi connectivity index (χ1) is 8.84. The van der Waals surface area contributed by atoms with Crippen molar-refractivity contribution in [1.29, 1.82) is 0 Å². The van der Waals surface area contributed by atoms with Crippen molar-refractivity contribution in [1.82, 2.24) is 0 Å². The minimum atomic E-state index is 0.304. The molecule has 2 heteroatoms. The molecule has 2 unspecified atom stereocenters. The summed E-state index contributed by atoms with van der Waals surface area (Å²) in [6, 6.07) is 8.70. The molecule has 0 bridgehead atoms. The smallest absolute Gasteiger partial charge is 0.0827 e. The number of alkyl halides is 1. The molecule has 18 heavy (non-hydrogen) atoms. The van der Waals surface area contributed by atoms with Crippen LogP contribution in [0.5, 0.6) is 0 Å². The van der Waals surface area contributed by atoms with Crippen molar-refractivity contribution < 1.29 is 4.74 Å². The third-order valence-corrected chi connectivity index (χ3v) is 4.75. The highest BCUT2D eigenvalue weighted by atomic mass is 35.5. The quantitative estimate of drug-likeness (QED) is 0.712. The van der Waals surface area contributed by atoms with Gasteiger partial charge in [-0.2, -0.15) is 0 Å². The Labute approximate surface area is 114 Å². The molecule has 1 fully saturated rings. The molecule has 0 amide bonds. The molecule has 0 aromatic heterocycles. The second kappa shape index (κ2) is 5.63. The number of ether oxygens (including phenoxy) is 1. The topological polar surface area (TPSA) is 9.23 Å². The van der Waals surface area contributed by atoms with Crippen LogP contribution >= 0.6 is 11.6 Å². The number of rotatable bonds is 5. The van der Waals surface area contributed by atoms with Crippen molar-refractivity contribution in [3.63, 3.8) is 0 Å². The summed E-state index contributed by atoms with van der Waals surface area (Å²) in [4.78, 5) is 0. The van der Waals surface area contributed by atoms with Crippen LogP contribution in [-0.2, 0) is 11.2 Å². The Hall–Kier alpha value is -0.530. The molecule has 1 heterocycles. The lowest BCUT2D eigenvalue weighted by atomic mass is 9.94. The highest BCUT2D eigenvalue weighted by Gasteiger charge is 2.29. The largest absolute Gasteiger partial charge is 0.373 e. The van der Waals surface area contributed by atoms with E-state index in [2.05, 4.69) is 24.3 Å². The maximum absolute atomic E-state index is 6.36. The zero-order valence-electron chi connectivity index (χ0n) is 10.8. The van der Waals surface area contributed by atoms with Gasteiger partial charge in [-0.05, 0) is 55.6 Å². The maximum atomic E-state index is 6.36. The van der Waals surface area contributed by atoms with Crippen molar-refractivity contribution in [3.05, 3.63) is 35.4 Å². The van der Waals surface area contributed by atoms with Gasteiger partial charge in [0.05, 0.1) is 12.7 Å². The number of halogens is 1. The minimum absolute atomic E-state index is 0.304. The van der Waals surface area contributed by atoms with E-state index in [1.165, 1.54) is 30.4 Å². The summed E-state index contributed by atoms with van der Waals surface area (Å²) >= 11 is 6.36. The lowest BCUT2D eigenvalue weighted by Crippen LogP contribution is -2.16. The van der Waals surface area contributed by atoms with Crippen molar-refractivity contribution >= 4 is 11.6 Å². The highest BCUT2D eigenvalue weighted by molar-refractivity contribution is 6.20. The van der Waals surface area contributed by atoms with Crippen molar-refractivity contribution in [2.45, 2.75) is 50.0 Å². The Bertz CT molecular complexity index is 400. The zero-order valence-corrected chi connectivity index (χ0v) is 11.5. The molecule has 1 aliphatic heterocycles. The molecule has 2 aliphatic rings. The van der Waals surface area contributed by atoms with Crippen molar-refractivity contribution in [3.8, 4) is 0 Å². The SMILES string of the molecule is ClC(CCCC1OCCc2ccccc21)C1CC1. The lowest BCUT2D eigenvalue weighted by molar-refractivity contribution is 0.0348. The summed E-state index contributed by atoms with van der Waals surface area (Å²) < 4.78 is 5.92. The molecular weight excluding hydrogens is 244 g/mol. The van der Waals surface area contributed by atoms with Gasteiger partial charge >= 0.3 is 0 Å². The Morgan fingerprint density at radius 2 is 2.11 bits per heavy atom. The molecular formula is C16H21ClO. The fraction of sp³-hybridized carbons (Fsp3) is 0.625. The molecule has 0 saturated heterocycles. The van der Waals surface area contributed by atoms with E-state index in [4.69, 9.17) is 16.3 Å². The Morgan fingerprint density at radius 1 is 1.28 bits per heavy atom. The maximum Gasteiger partial charge on any atom is 0.0827 e. The van der Waals surface area contributed by atoms with E-state index < -0.39 is 0 Å². The van der Waals surface area contributed by atoms with Gasteiger partial charge in [0.2, 0.25) is 0 Å². The molecule has 1 aliphatic carbocycles. The molecule has 1 aromatic rings. The zero-order chi connectivity index (χ0) is 12.4. The molecule has 0 spiro atoms. The van der Waals surface area contributed by atoms with E-state index in [0.29, 0.717) is 11.5 Å². The van der Waals surface area contributed by atoms with Gasteiger partial charge in [0.1, 0.15) is 0 Å². The van der Waals surface area contributed by atoms with Crippen LogP contribution in [0.2, 0.25) is 0 Å². The first-order valence-electron chi connectivity index (χ1n) is 7.18. The highest BCUT2D eigenvalue weighted by Crippen LogP contribution is 2.39. The molecule has 0 N–H and O–H groups in total. The summed E-state index contributed by atoms with van der Waals surface area (Å²) in [6.07, 6.45) is 7.50. The summed E-state index contributed by atoms with van der Waals surface area (Å²) in [7, 11) is 0. The van der Waals surface area contributed by atoms with Gasteiger partial charge in [-0.25, -0.2) is 0 Å². The monoisotopic (exact) mass is 264 g/mol. The Balaban J connectivity index is 1.53. The van der Waals surface area contributed by atoms with Crippen molar-refractivity contribution in [2.75, 3.05) is 6.61 Å². The average molecular weight is 265 g/mol. The first kappa shape index (κ1) is 12.5. The van der Waals surface area contributed by atoms with Crippen LogP contribution in [0.4, 0.5) is 0 Å². The van der Waals surface area contributed by atoms with Gasteiger partial charge in [-0.3, -0.25) is 0 Å². The summed E-state index contributed by atoms with van der Waals surface area (Å²) in [6.45, 7) is 0.870. The van der Waals surface area contributed by atoms with Crippen LogP contribution in [0.15, 0.2) is 24.3 Å². The van der Waals surface area contributed by atoms with E-state index in [-0.39, 0.29) is 0 Å². The van der Waals surface area contributed by atoms with E-state index >= 15 is 0 Å².